The van der Waals surface area contributed by atoms with Crippen LogP contribution in [0.5, 0.6) is 0 Å². The molecule has 1 atom stereocenters. The summed E-state index contributed by atoms with van der Waals surface area (Å²) in [6.45, 7) is 0. The maximum absolute atomic E-state index is 12.1. The Bertz CT molecular complexity index is 191. The van der Waals surface area contributed by atoms with Crippen molar-refractivity contribution in [3.05, 3.63) is 0 Å². The maximum Gasteiger partial charge on any atom is 0.446 e. The minimum atomic E-state index is -4.64. The maximum atomic E-state index is 12.1. The van der Waals surface area contributed by atoms with E-state index < -0.39 is 18.4 Å². The number of hydrogen-bond acceptors (Lipinski definition) is 2. The number of halogens is 5. The molecule has 0 saturated heterocycles. The van der Waals surface area contributed by atoms with Crippen LogP contribution >= 0.6 is 0 Å². The first-order valence-electron chi connectivity index (χ1n) is 3.83. The first kappa shape index (κ1) is 13.3. The van der Waals surface area contributed by atoms with Gasteiger partial charge in [0, 0.05) is 18.9 Å². The molecular formula is C7H10F5NO. The van der Waals surface area contributed by atoms with Crippen molar-refractivity contribution in [3.63, 3.8) is 0 Å². The van der Waals surface area contributed by atoms with Crippen molar-refractivity contribution in [1.82, 2.24) is 0 Å². The fraction of sp³-hybridized carbons (Fsp3) is 0.857. The molecule has 2 nitrogen and oxygen atoms in total. The predicted octanol–water partition coefficient (Wildman–Crippen LogP) is 1.88. The van der Waals surface area contributed by atoms with E-state index in [-0.39, 0.29) is 18.9 Å². The van der Waals surface area contributed by atoms with Crippen LogP contribution in [-0.2, 0) is 4.79 Å². The van der Waals surface area contributed by atoms with Gasteiger partial charge < -0.3 is 5.73 Å². The van der Waals surface area contributed by atoms with E-state index in [4.69, 9.17) is 10.5 Å². The Kier molecular flexibility index (Phi) is 4.44. The Morgan fingerprint density at radius 2 is 1.79 bits per heavy atom. The van der Waals surface area contributed by atoms with Gasteiger partial charge in [0.2, 0.25) is 12.2 Å². The highest BCUT2D eigenvalue weighted by atomic mass is 19.4. The highest BCUT2D eigenvalue weighted by Crippen LogP contribution is 2.33. The van der Waals surface area contributed by atoms with Crippen molar-refractivity contribution in [2.75, 3.05) is 0 Å². The summed E-state index contributed by atoms with van der Waals surface area (Å²) in [5.41, 5.74) is 5.23. The molecule has 0 aromatic rings. The third-order valence-electron chi connectivity index (χ3n) is 1.58. The summed E-state index contributed by atoms with van der Waals surface area (Å²) in [4.78, 5) is 8.70. The zero-order chi connectivity index (χ0) is 11.4. The fourth-order valence-corrected chi connectivity index (χ4v) is 0.984. The third kappa shape index (κ3) is 6.76. The lowest BCUT2D eigenvalue weighted by molar-refractivity contribution is -0.156. The van der Waals surface area contributed by atoms with Crippen molar-refractivity contribution in [2.45, 2.75) is 37.4 Å². The summed E-state index contributed by atoms with van der Waals surface area (Å²) in [6, 6.07) is -0.259. The van der Waals surface area contributed by atoms with Crippen LogP contribution in [0.3, 0.4) is 0 Å². The van der Waals surface area contributed by atoms with Crippen LogP contribution in [0, 0.1) is 0 Å². The third-order valence-corrected chi connectivity index (χ3v) is 1.58. The molecule has 1 aliphatic carbocycles. The Balaban J connectivity index is 0.000000255. The van der Waals surface area contributed by atoms with Crippen LogP contribution in [0.2, 0.25) is 0 Å². The molecule has 0 spiro atoms. The van der Waals surface area contributed by atoms with Gasteiger partial charge in [-0.05, 0) is 6.42 Å². The summed E-state index contributed by atoms with van der Waals surface area (Å²) in [5.74, 6) is -2.46. The van der Waals surface area contributed by atoms with Gasteiger partial charge >= 0.3 is 6.18 Å². The number of rotatable bonds is 0. The van der Waals surface area contributed by atoms with Gasteiger partial charge in [0.25, 0.3) is 0 Å². The second kappa shape index (κ2) is 4.68. The second-order valence-corrected chi connectivity index (χ2v) is 3.02. The molecule has 84 valence electrons. The standard InChI is InChI=1S/C5H9F2N.C2HF3O/c6-5(7)2-1-4(8)3-5;3-2(4,5)1-6/h4H,1-3,8H2;1H. The van der Waals surface area contributed by atoms with Gasteiger partial charge in [-0.15, -0.1) is 0 Å². The van der Waals surface area contributed by atoms with Gasteiger partial charge in [0.15, 0.2) is 0 Å². The minimum Gasteiger partial charge on any atom is -0.327 e. The molecule has 1 aliphatic rings. The first-order chi connectivity index (χ1) is 6.16. The molecule has 1 saturated carbocycles. The zero-order valence-electron chi connectivity index (χ0n) is 7.15. The molecule has 0 bridgehead atoms. The Morgan fingerprint density at radius 1 is 1.36 bits per heavy atom. The molecule has 2 N–H and O–H groups in total. The normalized spacial score (nSPS) is 25.1. The first-order valence-corrected chi connectivity index (χ1v) is 3.83. The Labute approximate surface area is 77.3 Å². The van der Waals surface area contributed by atoms with Gasteiger partial charge in [0.1, 0.15) is 0 Å². The molecule has 0 aliphatic heterocycles. The summed E-state index contributed by atoms with van der Waals surface area (Å²) in [6.07, 6.45) is -5.36. The van der Waals surface area contributed by atoms with Gasteiger partial charge in [0.05, 0.1) is 0 Å². The van der Waals surface area contributed by atoms with Gasteiger partial charge in [-0.1, -0.05) is 0 Å². The number of nitrogens with two attached hydrogens (primary N) is 1. The Morgan fingerprint density at radius 3 is 1.86 bits per heavy atom. The molecule has 1 unspecified atom stereocenters. The highest BCUT2D eigenvalue weighted by Gasteiger charge is 2.37. The average molecular weight is 219 g/mol. The fourth-order valence-electron chi connectivity index (χ4n) is 0.984. The summed E-state index contributed by atoms with van der Waals surface area (Å²) in [7, 11) is 0. The lowest BCUT2D eigenvalue weighted by Crippen LogP contribution is -2.18. The van der Waals surface area contributed by atoms with Crippen LogP contribution in [-0.4, -0.2) is 24.4 Å². The number of aldehydes is 1. The van der Waals surface area contributed by atoms with Crippen LogP contribution < -0.4 is 5.73 Å². The molecule has 0 radical (unpaired) electrons. The van der Waals surface area contributed by atoms with Crippen molar-refractivity contribution >= 4 is 6.29 Å². The minimum absolute atomic E-state index is 0.0197. The van der Waals surface area contributed by atoms with Crippen molar-refractivity contribution in [3.8, 4) is 0 Å². The van der Waals surface area contributed by atoms with Crippen LogP contribution in [0.25, 0.3) is 0 Å². The van der Waals surface area contributed by atoms with E-state index >= 15 is 0 Å². The molecule has 0 heterocycles. The molecule has 1 rings (SSSR count). The summed E-state index contributed by atoms with van der Waals surface area (Å²) < 4.78 is 55.5. The second-order valence-electron chi connectivity index (χ2n) is 3.02. The van der Waals surface area contributed by atoms with Gasteiger partial charge in [-0.3, -0.25) is 4.79 Å². The number of alkyl halides is 5. The van der Waals surface area contributed by atoms with Gasteiger partial charge in [-0.2, -0.15) is 13.2 Å². The monoisotopic (exact) mass is 219 g/mol. The molecule has 7 heteroatoms. The topological polar surface area (TPSA) is 43.1 Å². The van der Waals surface area contributed by atoms with Crippen LogP contribution in [0.4, 0.5) is 22.0 Å². The lowest BCUT2D eigenvalue weighted by atomic mass is 10.3. The molecule has 14 heavy (non-hydrogen) atoms. The van der Waals surface area contributed by atoms with Crippen LogP contribution in [0.1, 0.15) is 19.3 Å². The van der Waals surface area contributed by atoms with E-state index in [1.165, 1.54) is 0 Å². The summed E-state index contributed by atoms with van der Waals surface area (Å²) >= 11 is 0. The smallest absolute Gasteiger partial charge is 0.327 e. The van der Waals surface area contributed by atoms with Crippen molar-refractivity contribution < 1.29 is 26.7 Å². The van der Waals surface area contributed by atoms with Crippen molar-refractivity contribution in [2.24, 2.45) is 5.73 Å². The molecule has 0 aromatic heterocycles. The largest absolute Gasteiger partial charge is 0.446 e. The molecule has 0 amide bonds. The Hall–Kier alpha value is -0.720. The zero-order valence-corrected chi connectivity index (χ0v) is 7.15. The van der Waals surface area contributed by atoms with E-state index in [2.05, 4.69) is 0 Å². The molecular weight excluding hydrogens is 209 g/mol. The lowest BCUT2D eigenvalue weighted by Gasteiger charge is -2.04. The number of hydrogen-bond donors (Lipinski definition) is 1. The van der Waals surface area contributed by atoms with E-state index in [1.807, 2.05) is 0 Å². The van der Waals surface area contributed by atoms with E-state index in [0.717, 1.165) is 0 Å². The number of carbonyl (C=O) groups is 1. The molecule has 0 aromatic carbocycles. The molecule has 1 fully saturated rings. The quantitative estimate of drug-likeness (QED) is 0.499. The average Bonchev–Trinajstić information content (AvgIpc) is 2.29. The highest BCUT2D eigenvalue weighted by molar-refractivity contribution is 5.56. The predicted molar refractivity (Wildman–Crippen MR) is 38.9 cm³/mol. The number of carbonyl (C=O) groups excluding carboxylic acids is 1. The SMILES string of the molecule is NC1CCC(F)(F)C1.O=CC(F)(F)F. The van der Waals surface area contributed by atoms with E-state index in [1.54, 1.807) is 0 Å². The summed E-state index contributed by atoms with van der Waals surface area (Å²) in [5, 5.41) is 0. The van der Waals surface area contributed by atoms with E-state index in [9.17, 15) is 22.0 Å². The van der Waals surface area contributed by atoms with Crippen molar-refractivity contribution in [1.29, 1.82) is 0 Å². The van der Waals surface area contributed by atoms with Gasteiger partial charge in [-0.25, -0.2) is 8.78 Å². The van der Waals surface area contributed by atoms with Crippen LogP contribution in [0.15, 0.2) is 0 Å². The van der Waals surface area contributed by atoms with E-state index in [0.29, 0.717) is 6.42 Å².